The smallest absolute Gasteiger partial charge is 0.485 e. The number of benzene rings is 3. The van der Waals surface area contributed by atoms with Gasteiger partial charge >= 0.3 is 21.7 Å². The van der Waals surface area contributed by atoms with Crippen molar-refractivity contribution in [2.75, 3.05) is 6.54 Å². The molecule has 12 heteroatoms. The quantitative estimate of drug-likeness (QED) is 0.162. The molecule has 2 atom stereocenters. The average molecular weight is 596 g/mol. The molecule has 0 fully saturated rings. The van der Waals surface area contributed by atoms with E-state index in [4.69, 9.17) is 9.47 Å². The zero-order valence-electron chi connectivity index (χ0n) is 22.7. The minimum Gasteiger partial charge on any atom is -0.485 e. The summed E-state index contributed by atoms with van der Waals surface area (Å²) in [5.74, 6) is -0.828. The lowest BCUT2D eigenvalue weighted by Crippen LogP contribution is -2.40. The third-order valence-corrected chi connectivity index (χ3v) is 7.32. The van der Waals surface area contributed by atoms with Crippen LogP contribution in [0.2, 0.25) is 0 Å². The van der Waals surface area contributed by atoms with Crippen LogP contribution in [0.3, 0.4) is 0 Å². The molecule has 0 radical (unpaired) electrons. The van der Waals surface area contributed by atoms with E-state index >= 15 is 0 Å². The SMILES string of the molecule is C[C@H](c1ccc(F)c2ccccc12)N(CCC1C=C(OS(=O)(=O)C(F)(F)F)c2ccccc2O1)C(=O)OC(C)(C)C. The van der Waals surface area contributed by atoms with Crippen molar-refractivity contribution < 1.29 is 44.4 Å². The van der Waals surface area contributed by atoms with Gasteiger partial charge in [-0.3, -0.25) is 0 Å². The highest BCUT2D eigenvalue weighted by Gasteiger charge is 2.49. The number of alkyl halides is 3. The maximum Gasteiger partial charge on any atom is 0.534 e. The number of carbonyl (C=O) groups excluding carboxylic acids is 1. The monoisotopic (exact) mass is 595 g/mol. The number of carbonyl (C=O) groups is 1. The standard InChI is InChI=1S/C29H29F4NO6S/c1-18(20-13-14-24(30)22-10-6-5-9-21(20)22)34(27(35)39-28(2,3)4)16-15-19-17-26(40-41(36,37)29(31,32)33)23-11-7-8-12-25(23)38-19/h5-14,17-19H,15-16H2,1-4H3/t18-,19?/m1/s1. The van der Waals surface area contributed by atoms with Gasteiger partial charge in [0.15, 0.2) is 5.76 Å². The Morgan fingerprint density at radius 3 is 2.29 bits per heavy atom. The number of hydrogen-bond acceptors (Lipinski definition) is 6. The molecule has 220 valence electrons. The van der Waals surface area contributed by atoms with Gasteiger partial charge in [-0.25, -0.2) is 9.18 Å². The number of ether oxygens (including phenoxy) is 2. The Kier molecular flexibility index (Phi) is 8.26. The summed E-state index contributed by atoms with van der Waals surface area (Å²) in [7, 11) is -5.94. The summed E-state index contributed by atoms with van der Waals surface area (Å²) in [6.45, 7) is 6.85. The van der Waals surface area contributed by atoms with Crippen LogP contribution in [0.5, 0.6) is 5.75 Å². The van der Waals surface area contributed by atoms with E-state index < -0.39 is 51.0 Å². The van der Waals surface area contributed by atoms with Crippen LogP contribution in [0, 0.1) is 5.82 Å². The summed E-state index contributed by atoms with van der Waals surface area (Å²) >= 11 is 0. The first-order chi connectivity index (χ1) is 19.1. The number of nitrogens with zero attached hydrogens (tertiary/aromatic N) is 1. The van der Waals surface area contributed by atoms with Crippen LogP contribution in [0.25, 0.3) is 16.5 Å². The van der Waals surface area contributed by atoms with Crippen molar-refractivity contribution in [1.82, 2.24) is 4.90 Å². The molecule has 1 aliphatic heterocycles. The Hall–Kier alpha value is -3.80. The van der Waals surface area contributed by atoms with Crippen molar-refractivity contribution in [3.05, 3.63) is 83.7 Å². The molecule has 1 amide bonds. The first-order valence-electron chi connectivity index (χ1n) is 12.7. The van der Waals surface area contributed by atoms with Gasteiger partial charge in [-0.15, -0.1) is 0 Å². The van der Waals surface area contributed by atoms with Gasteiger partial charge in [-0.05, 0) is 56.8 Å². The maximum absolute atomic E-state index is 14.5. The molecule has 0 saturated heterocycles. The molecule has 4 rings (SSSR count). The van der Waals surface area contributed by atoms with Crippen LogP contribution in [0.4, 0.5) is 22.4 Å². The van der Waals surface area contributed by atoms with E-state index in [1.807, 2.05) is 0 Å². The first-order valence-corrected chi connectivity index (χ1v) is 14.1. The summed E-state index contributed by atoms with van der Waals surface area (Å²) < 4.78 is 93.3. The van der Waals surface area contributed by atoms with Crippen molar-refractivity contribution in [2.45, 2.75) is 57.4 Å². The lowest BCUT2D eigenvalue weighted by atomic mass is 9.98. The predicted octanol–water partition coefficient (Wildman–Crippen LogP) is 7.34. The molecule has 1 unspecified atom stereocenters. The number of fused-ring (bicyclic) bond motifs is 2. The van der Waals surface area contributed by atoms with Crippen LogP contribution >= 0.6 is 0 Å². The van der Waals surface area contributed by atoms with E-state index in [9.17, 15) is 30.8 Å². The fraction of sp³-hybridized carbons (Fsp3) is 0.345. The van der Waals surface area contributed by atoms with Crippen molar-refractivity contribution >= 4 is 32.7 Å². The molecule has 7 nitrogen and oxygen atoms in total. The summed E-state index contributed by atoms with van der Waals surface area (Å²) in [6, 6.07) is 15.0. The second-order valence-corrected chi connectivity index (χ2v) is 12.0. The van der Waals surface area contributed by atoms with Crippen molar-refractivity contribution in [3.63, 3.8) is 0 Å². The molecule has 0 spiro atoms. The lowest BCUT2D eigenvalue weighted by molar-refractivity contribution is -0.0510. The minimum atomic E-state index is -5.94. The van der Waals surface area contributed by atoms with Gasteiger partial charge in [-0.1, -0.05) is 42.5 Å². The van der Waals surface area contributed by atoms with Crippen LogP contribution in [-0.4, -0.2) is 43.2 Å². The van der Waals surface area contributed by atoms with Crippen LogP contribution < -0.4 is 4.74 Å². The predicted molar refractivity (Wildman–Crippen MR) is 145 cm³/mol. The fourth-order valence-corrected chi connectivity index (χ4v) is 4.93. The molecule has 0 aromatic heterocycles. The molecule has 0 saturated carbocycles. The summed E-state index contributed by atoms with van der Waals surface area (Å²) in [5, 5.41) is 0.980. The lowest BCUT2D eigenvalue weighted by Gasteiger charge is -2.34. The number of amides is 1. The molecule has 1 aliphatic rings. The van der Waals surface area contributed by atoms with Gasteiger partial charge in [0.05, 0.1) is 11.6 Å². The first kappa shape index (κ1) is 30.2. The number of halogens is 4. The highest BCUT2D eigenvalue weighted by atomic mass is 32.2. The van der Waals surface area contributed by atoms with Gasteiger partial charge in [0, 0.05) is 24.4 Å². The van der Waals surface area contributed by atoms with E-state index in [0.717, 1.165) is 6.08 Å². The topological polar surface area (TPSA) is 82.1 Å². The van der Waals surface area contributed by atoms with E-state index in [0.29, 0.717) is 16.3 Å². The van der Waals surface area contributed by atoms with Crippen molar-refractivity contribution in [2.24, 2.45) is 0 Å². The third-order valence-electron chi connectivity index (χ3n) is 6.36. The molecule has 0 bridgehead atoms. The summed E-state index contributed by atoms with van der Waals surface area (Å²) in [5.41, 5.74) is -5.78. The Bertz CT molecular complexity index is 1580. The van der Waals surface area contributed by atoms with Gasteiger partial charge in [0.1, 0.15) is 23.3 Å². The Morgan fingerprint density at radius 2 is 1.63 bits per heavy atom. The minimum absolute atomic E-state index is 0.00951. The van der Waals surface area contributed by atoms with Crippen LogP contribution in [0.15, 0.2) is 66.7 Å². The van der Waals surface area contributed by atoms with Crippen LogP contribution in [-0.2, 0) is 19.0 Å². The molecule has 3 aromatic carbocycles. The van der Waals surface area contributed by atoms with Crippen LogP contribution in [0.1, 0.15) is 51.3 Å². The van der Waals surface area contributed by atoms with Gasteiger partial charge in [0.25, 0.3) is 0 Å². The summed E-state index contributed by atoms with van der Waals surface area (Å²) in [6.07, 6.45) is -0.451. The zero-order valence-corrected chi connectivity index (χ0v) is 23.6. The number of rotatable bonds is 7. The highest BCUT2D eigenvalue weighted by Crippen LogP contribution is 2.38. The van der Waals surface area contributed by atoms with Gasteiger partial charge in [-0.2, -0.15) is 21.6 Å². The molecule has 1 heterocycles. The molecule has 0 N–H and O–H groups in total. The number of para-hydroxylation sites is 1. The van der Waals surface area contributed by atoms with Crippen molar-refractivity contribution in [1.29, 1.82) is 0 Å². The normalized spacial score (nSPS) is 16.3. The van der Waals surface area contributed by atoms with E-state index in [2.05, 4.69) is 4.18 Å². The molecule has 0 aliphatic carbocycles. The molecular formula is C29H29F4NO6S. The zero-order chi connectivity index (χ0) is 30.2. The van der Waals surface area contributed by atoms with E-state index in [1.165, 1.54) is 29.2 Å². The molecular weight excluding hydrogens is 566 g/mol. The van der Waals surface area contributed by atoms with Crippen molar-refractivity contribution in [3.8, 4) is 5.75 Å². The maximum atomic E-state index is 14.5. The van der Waals surface area contributed by atoms with E-state index in [1.54, 1.807) is 64.1 Å². The summed E-state index contributed by atoms with van der Waals surface area (Å²) in [4.78, 5) is 14.8. The average Bonchev–Trinajstić information content (AvgIpc) is 2.87. The Labute approximate surface area is 235 Å². The van der Waals surface area contributed by atoms with Gasteiger partial charge < -0.3 is 18.6 Å². The Morgan fingerprint density at radius 1 is 1.00 bits per heavy atom. The highest BCUT2D eigenvalue weighted by molar-refractivity contribution is 7.87. The second-order valence-electron chi connectivity index (χ2n) is 10.5. The van der Waals surface area contributed by atoms with Gasteiger partial charge in [0.2, 0.25) is 0 Å². The second kappa shape index (κ2) is 11.2. The van der Waals surface area contributed by atoms with E-state index in [-0.39, 0.29) is 24.3 Å². The molecule has 3 aromatic rings. The Balaban J connectivity index is 1.66. The fourth-order valence-electron chi connectivity index (χ4n) is 4.46. The molecule has 41 heavy (non-hydrogen) atoms. The largest absolute Gasteiger partial charge is 0.534 e. The number of hydrogen-bond donors (Lipinski definition) is 0. The third kappa shape index (κ3) is 6.75.